The van der Waals surface area contributed by atoms with Gasteiger partial charge < -0.3 is 4.43 Å². The molecule has 0 amide bonds. The van der Waals surface area contributed by atoms with Gasteiger partial charge in [0, 0.05) is 5.02 Å². The molecule has 0 radical (unpaired) electrons. The van der Waals surface area contributed by atoms with Crippen molar-refractivity contribution in [1.82, 2.24) is 0 Å². The van der Waals surface area contributed by atoms with E-state index in [9.17, 15) is 4.79 Å². The Bertz CT molecular complexity index is 464. The third-order valence-corrected chi connectivity index (χ3v) is 8.72. The van der Waals surface area contributed by atoms with Gasteiger partial charge in [-0.2, -0.15) is 0 Å². The Morgan fingerprint density at radius 2 is 1.75 bits per heavy atom. The SMILES string of the molecule is CC(C)(C)[Si](C)(C)OC(CC(=O)Cl)c1ccc(Cl)cc1. The summed E-state index contributed by atoms with van der Waals surface area (Å²) in [5.74, 6) is 0. The average Bonchev–Trinajstić information content (AvgIpc) is 2.26. The lowest BCUT2D eigenvalue weighted by Gasteiger charge is -2.39. The summed E-state index contributed by atoms with van der Waals surface area (Å²) in [5.41, 5.74) is 0.938. The van der Waals surface area contributed by atoms with Crippen LogP contribution in [0.1, 0.15) is 38.9 Å². The number of benzene rings is 1. The zero-order valence-electron chi connectivity index (χ0n) is 12.7. The summed E-state index contributed by atoms with van der Waals surface area (Å²) >= 11 is 11.5. The van der Waals surface area contributed by atoms with Gasteiger partial charge in [0.1, 0.15) is 0 Å². The molecule has 112 valence electrons. The highest BCUT2D eigenvalue weighted by Crippen LogP contribution is 2.40. The summed E-state index contributed by atoms with van der Waals surface area (Å²) in [6.07, 6.45) is -0.131. The molecule has 0 aliphatic rings. The minimum absolute atomic E-state index is 0.0764. The van der Waals surface area contributed by atoms with Crippen LogP contribution in [0.5, 0.6) is 0 Å². The largest absolute Gasteiger partial charge is 0.409 e. The van der Waals surface area contributed by atoms with E-state index < -0.39 is 8.32 Å². The second-order valence-electron chi connectivity index (χ2n) is 6.48. The molecule has 5 heteroatoms. The Labute approximate surface area is 132 Å². The fourth-order valence-corrected chi connectivity index (χ4v) is 3.13. The smallest absolute Gasteiger partial charge is 0.224 e. The minimum atomic E-state index is -1.98. The minimum Gasteiger partial charge on any atom is -0.409 e. The van der Waals surface area contributed by atoms with E-state index in [1.54, 1.807) is 12.1 Å². The molecule has 0 aromatic heterocycles. The first kappa shape index (κ1) is 17.7. The Morgan fingerprint density at radius 1 is 1.25 bits per heavy atom. The van der Waals surface area contributed by atoms with Gasteiger partial charge in [0.25, 0.3) is 0 Å². The molecule has 0 fully saturated rings. The van der Waals surface area contributed by atoms with E-state index in [4.69, 9.17) is 27.6 Å². The predicted octanol–water partition coefficient (Wildman–Crippen LogP) is 5.56. The maximum atomic E-state index is 11.3. The van der Waals surface area contributed by atoms with E-state index in [1.165, 1.54) is 0 Å². The maximum Gasteiger partial charge on any atom is 0.224 e. The van der Waals surface area contributed by atoms with Gasteiger partial charge in [-0.3, -0.25) is 4.79 Å². The van der Waals surface area contributed by atoms with Crippen LogP contribution < -0.4 is 0 Å². The zero-order valence-corrected chi connectivity index (χ0v) is 15.2. The molecule has 1 aromatic carbocycles. The molecule has 2 nitrogen and oxygen atoms in total. The normalized spacial score (nSPS) is 14.2. The van der Waals surface area contributed by atoms with Gasteiger partial charge in [-0.05, 0) is 47.4 Å². The summed E-state index contributed by atoms with van der Waals surface area (Å²) in [4.78, 5) is 11.3. The van der Waals surface area contributed by atoms with Crippen molar-refractivity contribution in [3.05, 3.63) is 34.9 Å². The fraction of sp³-hybridized carbons (Fsp3) is 0.533. The van der Waals surface area contributed by atoms with Crippen LogP contribution in [0.25, 0.3) is 0 Å². The lowest BCUT2D eigenvalue weighted by atomic mass is 10.1. The molecule has 0 spiro atoms. The molecule has 0 aliphatic heterocycles. The summed E-state index contributed by atoms with van der Waals surface area (Å²) in [6.45, 7) is 10.8. The Morgan fingerprint density at radius 3 is 2.15 bits per heavy atom. The molecule has 1 atom stereocenters. The van der Waals surface area contributed by atoms with Crippen molar-refractivity contribution in [2.24, 2.45) is 0 Å². The first-order valence-corrected chi connectivity index (χ1v) is 10.3. The summed E-state index contributed by atoms with van der Waals surface area (Å²) in [7, 11) is -1.98. The molecule has 0 bridgehead atoms. The lowest BCUT2D eigenvalue weighted by Crippen LogP contribution is -2.42. The topological polar surface area (TPSA) is 26.3 Å². The van der Waals surface area contributed by atoms with Crippen molar-refractivity contribution >= 4 is 36.8 Å². The third kappa shape index (κ3) is 4.88. The number of hydrogen-bond acceptors (Lipinski definition) is 2. The van der Waals surface area contributed by atoms with Gasteiger partial charge in [-0.25, -0.2) is 0 Å². The fourth-order valence-electron chi connectivity index (χ4n) is 1.58. The maximum absolute atomic E-state index is 11.3. The third-order valence-electron chi connectivity index (χ3n) is 3.83. The standard InChI is InChI=1S/C15H22Cl2O2Si/c1-15(2,3)20(4,5)19-13(10-14(17)18)11-6-8-12(16)9-7-11/h6-9,13H,10H2,1-5H3. The van der Waals surface area contributed by atoms with Crippen molar-refractivity contribution in [2.75, 3.05) is 0 Å². The van der Waals surface area contributed by atoms with E-state index in [0.717, 1.165) is 5.56 Å². The molecular formula is C15H22Cl2O2Si. The number of carbonyl (C=O) groups excluding carboxylic acids is 1. The van der Waals surface area contributed by atoms with E-state index in [1.807, 2.05) is 12.1 Å². The van der Waals surface area contributed by atoms with Gasteiger partial charge in [-0.15, -0.1) is 0 Å². The van der Waals surface area contributed by atoms with Crippen molar-refractivity contribution in [2.45, 2.75) is 51.4 Å². The molecule has 1 aromatic rings. The first-order valence-electron chi connectivity index (χ1n) is 6.64. The summed E-state index contributed by atoms with van der Waals surface area (Å²) < 4.78 is 6.33. The van der Waals surface area contributed by atoms with Crippen LogP contribution in [-0.2, 0) is 9.22 Å². The Kier molecular flexibility index (Phi) is 5.85. The molecule has 0 aliphatic carbocycles. The van der Waals surface area contributed by atoms with E-state index in [-0.39, 0.29) is 22.8 Å². The quantitative estimate of drug-likeness (QED) is 0.521. The molecule has 1 unspecified atom stereocenters. The molecule has 0 N–H and O–H groups in total. The highest BCUT2D eigenvalue weighted by molar-refractivity contribution is 6.74. The van der Waals surface area contributed by atoms with Crippen molar-refractivity contribution in [1.29, 1.82) is 0 Å². The molecular weight excluding hydrogens is 311 g/mol. The second-order valence-corrected chi connectivity index (χ2v) is 12.1. The summed E-state index contributed by atoms with van der Waals surface area (Å²) in [5, 5.41) is 0.355. The second kappa shape index (κ2) is 6.61. The molecule has 0 heterocycles. The number of halogens is 2. The first-order chi connectivity index (χ1) is 9.03. The molecule has 0 saturated carbocycles. The van der Waals surface area contributed by atoms with Crippen LogP contribution in [0.3, 0.4) is 0 Å². The Balaban J connectivity index is 3.02. The van der Waals surface area contributed by atoms with Gasteiger partial charge in [0.15, 0.2) is 8.32 Å². The van der Waals surface area contributed by atoms with Crippen LogP contribution >= 0.6 is 23.2 Å². The lowest BCUT2D eigenvalue weighted by molar-refractivity contribution is -0.113. The Hall–Kier alpha value is -0.353. The highest BCUT2D eigenvalue weighted by Gasteiger charge is 2.39. The van der Waals surface area contributed by atoms with Crippen molar-refractivity contribution < 1.29 is 9.22 Å². The number of rotatable bonds is 5. The van der Waals surface area contributed by atoms with Crippen LogP contribution in [0.15, 0.2) is 24.3 Å². The van der Waals surface area contributed by atoms with Crippen LogP contribution in [-0.4, -0.2) is 13.6 Å². The molecule has 20 heavy (non-hydrogen) atoms. The molecule has 1 rings (SSSR count). The number of hydrogen-bond donors (Lipinski definition) is 0. The van der Waals surface area contributed by atoms with Crippen LogP contribution in [0.2, 0.25) is 23.2 Å². The van der Waals surface area contributed by atoms with E-state index in [0.29, 0.717) is 5.02 Å². The summed E-state index contributed by atoms with van der Waals surface area (Å²) in [6, 6.07) is 7.38. The van der Waals surface area contributed by atoms with Crippen LogP contribution in [0.4, 0.5) is 0 Å². The van der Waals surface area contributed by atoms with E-state index in [2.05, 4.69) is 33.9 Å². The van der Waals surface area contributed by atoms with Gasteiger partial charge in [-0.1, -0.05) is 44.5 Å². The predicted molar refractivity (Wildman–Crippen MR) is 88.0 cm³/mol. The van der Waals surface area contributed by atoms with Crippen molar-refractivity contribution in [3.63, 3.8) is 0 Å². The number of carbonyl (C=O) groups is 1. The van der Waals surface area contributed by atoms with Crippen LogP contribution in [0, 0.1) is 0 Å². The van der Waals surface area contributed by atoms with Gasteiger partial charge in [0.05, 0.1) is 12.5 Å². The average molecular weight is 333 g/mol. The van der Waals surface area contributed by atoms with Gasteiger partial charge in [0.2, 0.25) is 5.24 Å². The van der Waals surface area contributed by atoms with Gasteiger partial charge >= 0.3 is 0 Å². The van der Waals surface area contributed by atoms with E-state index >= 15 is 0 Å². The monoisotopic (exact) mass is 332 g/mol. The van der Waals surface area contributed by atoms with Crippen molar-refractivity contribution in [3.8, 4) is 0 Å². The highest BCUT2D eigenvalue weighted by atomic mass is 35.5. The molecule has 0 saturated heterocycles. The zero-order chi connectivity index (χ0) is 15.6.